The molecule has 0 saturated carbocycles. The minimum absolute atomic E-state index is 0.329. The van der Waals surface area contributed by atoms with Gasteiger partial charge in [0.15, 0.2) is 0 Å². The van der Waals surface area contributed by atoms with Gasteiger partial charge in [-0.25, -0.2) is 14.4 Å². The van der Waals surface area contributed by atoms with E-state index in [0.717, 1.165) is 29.1 Å². The number of halogens is 1. The van der Waals surface area contributed by atoms with Crippen molar-refractivity contribution in [1.29, 1.82) is 0 Å². The Morgan fingerprint density at radius 3 is 2.38 bits per heavy atom. The molecule has 0 atom stereocenters. The van der Waals surface area contributed by atoms with Crippen molar-refractivity contribution in [2.45, 2.75) is 13.8 Å². The number of amides is 1. The van der Waals surface area contributed by atoms with E-state index in [1.54, 1.807) is 13.2 Å². The van der Waals surface area contributed by atoms with Crippen LogP contribution in [0.25, 0.3) is 11.1 Å². The standard InChI is InChI=1S/C24H27FN4O3/c1-16-23(17(2)28-15-27-16)21-14-20(29-24(30)18-4-6-19(25)7-5-18)8-9-22(21)32-13-11-26-10-12-31-3/h4-9,14-15,26H,10-13H2,1-3H3,(H,29,30). The molecule has 0 unspecified atom stereocenters. The predicted molar refractivity (Wildman–Crippen MR) is 122 cm³/mol. The fourth-order valence-corrected chi connectivity index (χ4v) is 3.25. The molecule has 1 aromatic heterocycles. The molecule has 3 rings (SSSR count). The SMILES string of the molecule is COCCNCCOc1ccc(NC(=O)c2ccc(F)cc2)cc1-c1c(C)ncnc1C. The van der Waals surface area contributed by atoms with Crippen LogP contribution in [-0.2, 0) is 4.74 Å². The molecular formula is C24H27FN4O3. The quantitative estimate of drug-likeness (QED) is 0.469. The lowest BCUT2D eigenvalue weighted by Gasteiger charge is -2.16. The second-order valence-corrected chi connectivity index (χ2v) is 7.18. The first kappa shape index (κ1) is 23.3. The van der Waals surface area contributed by atoms with Crippen molar-refractivity contribution >= 4 is 11.6 Å². The second kappa shape index (κ2) is 11.3. The number of carbonyl (C=O) groups is 1. The van der Waals surface area contributed by atoms with E-state index in [2.05, 4.69) is 20.6 Å². The zero-order valence-corrected chi connectivity index (χ0v) is 18.4. The van der Waals surface area contributed by atoms with Gasteiger partial charge in [0.05, 0.1) is 6.61 Å². The van der Waals surface area contributed by atoms with Crippen molar-refractivity contribution in [2.24, 2.45) is 0 Å². The zero-order chi connectivity index (χ0) is 22.9. The predicted octanol–water partition coefficient (Wildman–Crippen LogP) is 3.77. The topological polar surface area (TPSA) is 85.4 Å². The third-order valence-electron chi connectivity index (χ3n) is 4.86. The number of hydrogen-bond acceptors (Lipinski definition) is 6. The van der Waals surface area contributed by atoms with E-state index in [-0.39, 0.29) is 5.91 Å². The number of anilines is 1. The Bertz CT molecular complexity index is 1040. The van der Waals surface area contributed by atoms with Gasteiger partial charge in [0.1, 0.15) is 24.5 Å². The molecule has 168 valence electrons. The van der Waals surface area contributed by atoms with E-state index in [9.17, 15) is 9.18 Å². The van der Waals surface area contributed by atoms with Crippen LogP contribution in [0.15, 0.2) is 48.8 Å². The molecule has 0 bridgehead atoms. The molecule has 2 aromatic carbocycles. The van der Waals surface area contributed by atoms with Gasteiger partial charge in [0.2, 0.25) is 0 Å². The lowest BCUT2D eigenvalue weighted by atomic mass is 10.0. The molecule has 3 aromatic rings. The molecule has 1 amide bonds. The van der Waals surface area contributed by atoms with Crippen molar-refractivity contribution in [3.63, 3.8) is 0 Å². The number of carbonyl (C=O) groups excluding carboxylic acids is 1. The fraction of sp³-hybridized carbons (Fsp3) is 0.292. The van der Waals surface area contributed by atoms with Gasteiger partial charge in [-0.3, -0.25) is 4.79 Å². The number of ether oxygens (including phenoxy) is 2. The van der Waals surface area contributed by atoms with Crippen LogP contribution in [0.3, 0.4) is 0 Å². The third-order valence-corrected chi connectivity index (χ3v) is 4.86. The molecule has 7 nitrogen and oxygen atoms in total. The molecule has 0 aliphatic rings. The summed E-state index contributed by atoms with van der Waals surface area (Å²) in [5, 5.41) is 6.10. The van der Waals surface area contributed by atoms with E-state index in [1.807, 2.05) is 26.0 Å². The normalized spacial score (nSPS) is 10.8. The number of methoxy groups -OCH3 is 1. The van der Waals surface area contributed by atoms with E-state index >= 15 is 0 Å². The minimum atomic E-state index is -0.392. The molecular weight excluding hydrogens is 411 g/mol. The number of nitrogens with zero attached hydrogens (tertiary/aromatic N) is 2. The number of aromatic nitrogens is 2. The van der Waals surface area contributed by atoms with Crippen LogP contribution in [0.5, 0.6) is 5.75 Å². The highest BCUT2D eigenvalue weighted by molar-refractivity contribution is 6.04. The third kappa shape index (κ3) is 6.09. The highest BCUT2D eigenvalue weighted by Crippen LogP contribution is 2.35. The summed E-state index contributed by atoms with van der Waals surface area (Å²) in [6.45, 7) is 6.31. The summed E-state index contributed by atoms with van der Waals surface area (Å²) in [5.74, 6) is -0.0545. The highest BCUT2D eigenvalue weighted by Gasteiger charge is 2.16. The summed E-state index contributed by atoms with van der Waals surface area (Å²) in [6.07, 6.45) is 1.52. The number of rotatable bonds is 10. The number of nitrogens with one attached hydrogen (secondary N) is 2. The molecule has 1 heterocycles. The van der Waals surface area contributed by atoms with Crippen LogP contribution < -0.4 is 15.4 Å². The van der Waals surface area contributed by atoms with Gasteiger partial charge in [-0.05, 0) is 56.3 Å². The average molecular weight is 439 g/mol. The van der Waals surface area contributed by atoms with Gasteiger partial charge in [0.25, 0.3) is 5.91 Å². The van der Waals surface area contributed by atoms with Gasteiger partial charge in [-0.2, -0.15) is 0 Å². The molecule has 0 saturated heterocycles. The molecule has 0 aliphatic heterocycles. The van der Waals surface area contributed by atoms with E-state index in [0.29, 0.717) is 36.8 Å². The first-order chi connectivity index (χ1) is 15.5. The Morgan fingerprint density at radius 1 is 1.00 bits per heavy atom. The van der Waals surface area contributed by atoms with Crippen molar-refractivity contribution in [3.05, 3.63) is 71.6 Å². The first-order valence-electron chi connectivity index (χ1n) is 10.3. The molecule has 0 radical (unpaired) electrons. The summed E-state index contributed by atoms with van der Waals surface area (Å²) in [5.41, 5.74) is 4.21. The highest BCUT2D eigenvalue weighted by atomic mass is 19.1. The maximum absolute atomic E-state index is 13.2. The summed E-state index contributed by atoms with van der Waals surface area (Å²) in [4.78, 5) is 21.2. The number of benzene rings is 2. The Morgan fingerprint density at radius 2 is 1.69 bits per heavy atom. The molecule has 0 fully saturated rings. The Balaban J connectivity index is 1.84. The number of hydrogen-bond donors (Lipinski definition) is 2. The van der Waals surface area contributed by atoms with Gasteiger partial charge in [-0.1, -0.05) is 0 Å². The summed E-state index contributed by atoms with van der Waals surface area (Å²) in [6, 6.07) is 10.8. The maximum Gasteiger partial charge on any atom is 0.255 e. The lowest BCUT2D eigenvalue weighted by Crippen LogP contribution is -2.24. The molecule has 2 N–H and O–H groups in total. The Hall–Kier alpha value is -3.36. The molecule has 32 heavy (non-hydrogen) atoms. The van der Waals surface area contributed by atoms with Crippen molar-refractivity contribution in [3.8, 4) is 16.9 Å². The summed E-state index contributed by atoms with van der Waals surface area (Å²) in [7, 11) is 1.66. The monoisotopic (exact) mass is 438 g/mol. The van der Waals surface area contributed by atoms with E-state index < -0.39 is 5.82 Å². The van der Waals surface area contributed by atoms with E-state index in [1.165, 1.54) is 30.6 Å². The lowest BCUT2D eigenvalue weighted by molar-refractivity contribution is 0.102. The van der Waals surface area contributed by atoms with Crippen molar-refractivity contribution in [2.75, 3.05) is 38.7 Å². The van der Waals surface area contributed by atoms with Crippen LogP contribution in [0.1, 0.15) is 21.7 Å². The molecule has 0 spiro atoms. The first-order valence-corrected chi connectivity index (χ1v) is 10.3. The second-order valence-electron chi connectivity index (χ2n) is 7.18. The minimum Gasteiger partial charge on any atom is -0.492 e. The average Bonchev–Trinajstić information content (AvgIpc) is 2.77. The molecule has 0 aliphatic carbocycles. The van der Waals surface area contributed by atoms with Crippen LogP contribution in [0.2, 0.25) is 0 Å². The maximum atomic E-state index is 13.2. The summed E-state index contributed by atoms with van der Waals surface area (Å²) < 4.78 is 24.2. The Labute approximate surface area is 187 Å². The Kier molecular flexibility index (Phi) is 8.24. The van der Waals surface area contributed by atoms with Crippen LogP contribution >= 0.6 is 0 Å². The smallest absolute Gasteiger partial charge is 0.255 e. The van der Waals surface area contributed by atoms with Gasteiger partial charge in [0, 0.05) is 54.0 Å². The van der Waals surface area contributed by atoms with Crippen LogP contribution in [0, 0.1) is 19.7 Å². The number of aryl methyl sites for hydroxylation is 2. The van der Waals surface area contributed by atoms with Crippen molar-refractivity contribution in [1.82, 2.24) is 15.3 Å². The van der Waals surface area contributed by atoms with Gasteiger partial charge < -0.3 is 20.1 Å². The van der Waals surface area contributed by atoms with Gasteiger partial charge in [-0.15, -0.1) is 0 Å². The van der Waals surface area contributed by atoms with Crippen LogP contribution in [-0.4, -0.2) is 49.3 Å². The van der Waals surface area contributed by atoms with Crippen LogP contribution in [0.4, 0.5) is 10.1 Å². The van der Waals surface area contributed by atoms with E-state index in [4.69, 9.17) is 9.47 Å². The van der Waals surface area contributed by atoms with Crippen molar-refractivity contribution < 1.29 is 18.7 Å². The fourth-order valence-electron chi connectivity index (χ4n) is 3.25. The van der Waals surface area contributed by atoms with Gasteiger partial charge >= 0.3 is 0 Å². The summed E-state index contributed by atoms with van der Waals surface area (Å²) >= 11 is 0. The zero-order valence-electron chi connectivity index (χ0n) is 18.4. The largest absolute Gasteiger partial charge is 0.492 e. The molecule has 8 heteroatoms.